The van der Waals surface area contributed by atoms with Crippen LogP contribution in [0.5, 0.6) is 5.75 Å². The summed E-state index contributed by atoms with van der Waals surface area (Å²) in [7, 11) is 0. The van der Waals surface area contributed by atoms with Crippen molar-refractivity contribution in [1.82, 2.24) is 0 Å². The number of nitrogens with zero attached hydrogens (tertiary/aromatic N) is 1. The van der Waals surface area contributed by atoms with Crippen molar-refractivity contribution in [3.63, 3.8) is 0 Å². The molecular formula is C13H14ClNO2. The fourth-order valence-corrected chi connectivity index (χ4v) is 2.08. The topological polar surface area (TPSA) is 29.5 Å². The minimum atomic E-state index is -0.129. The van der Waals surface area contributed by atoms with E-state index in [1.54, 1.807) is 17.0 Å². The van der Waals surface area contributed by atoms with Gasteiger partial charge in [0.1, 0.15) is 6.10 Å². The Morgan fingerprint density at radius 3 is 3.12 bits per heavy atom. The second-order valence-electron chi connectivity index (χ2n) is 3.89. The number of ether oxygens (including phenoxy) is 1. The van der Waals surface area contributed by atoms with Crippen molar-refractivity contribution in [1.29, 1.82) is 0 Å². The van der Waals surface area contributed by atoms with E-state index in [9.17, 15) is 4.79 Å². The number of amides is 1. The number of fused-ring (bicyclic) bond motifs is 1. The molecule has 1 amide bonds. The molecule has 4 heteroatoms. The summed E-state index contributed by atoms with van der Waals surface area (Å²) < 4.78 is 5.78. The third kappa shape index (κ3) is 2.15. The molecule has 1 heterocycles. The molecule has 1 atom stereocenters. The Kier molecular flexibility index (Phi) is 3.38. The number of hydrogen-bond acceptors (Lipinski definition) is 2. The zero-order valence-electron chi connectivity index (χ0n) is 9.65. The van der Waals surface area contributed by atoms with Gasteiger partial charge in [-0.25, -0.2) is 0 Å². The molecule has 0 saturated heterocycles. The molecule has 0 fully saturated rings. The first-order valence-corrected chi connectivity index (χ1v) is 5.94. The van der Waals surface area contributed by atoms with Crippen molar-refractivity contribution >= 4 is 23.2 Å². The number of rotatable bonds is 2. The van der Waals surface area contributed by atoms with Gasteiger partial charge in [-0.1, -0.05) is 31.2 Å². The van der Waals surface area contributed by atoms with Crippen molar-refractivity contribution in [3.8, 4) is 5.75 Å². The zero-order chi connectivity index (χ0) is 12.4. The van der Waals surface area contributed by atoms with E-state index >= 15 is 0 Å². The molecule has 90 valence electrons. The van der Waals surface area contributed by atoms with Crippen LogP contribution in [0.15, 0.2) is 30.9 Å². The summed E-state index contributed by atoms with van der Waals surface area (Å²) in [6.45, 7) is 6.07. The van der Waals surface area contributed by atoms with E-state index in [2.05, 4.69) is 6.58 Å². The largest absolute Gasteiger partial charge is 0.485 e. The minimum absolute atomic E-state index is 0.0219. The Labute approximate surface area is 106 Å². The Hall–Kier alpha value is -1.48. The number of para-hydroxylation sites is 1. The van der Waals surface area contributed by atoms with Crippen molar-refractivity contribution in [2.24, 2.45) is 0 Å². The highest BCUT2D eigenvalue weighted by Gasteiger charge is 2.28. The summed E-state index contributed by atoms with van der Waals surface area (Å²) in [5.41, 5.74) is 0.715. The van der Waals surface area contributed by atoms with Gasteiger partial charge in [-0.2, -0.15) is 0 Å². The number of carbonyl (C=O) groups excluding carboxylic acids is 1. The molecule has 0 aliphatic carbocycles. The standard InChI is InChI=1S/C13H14ClNO2/c1-3-9-8-15(12(16)4-2)11-7-5-6-10(14)13(11)17-9/h4-7,9H,2-3,8H2,1H3. The molecule has 0 saturated carbocycles. The van der Waals surface area contributed by atoms with Gasteiger partial charge in [0.25, 0.3) is 5.91 Å². The third-order valence-electron chi connectivity index (χ3n) is 2.80. The first kappa shape index (κ1) is 12.0. The highest BCUT2D eigenvalue weighted by Crippen LogP contribution is 2.39. The average molecular weight is 252 g/mol. The van der Waals surface area contributed by atoms with E-state index in [4.69, 9.17) is 16.3 Å². The van der Waals surface area contributed by atoms with Gasteiger partial charge in [0.05, 0.1) is 17.3 Å². The van der Waals surface area contributed by atoms with Gasteiger partial charge in [0.2, 0.25) is 0 Å². The van der Waals surface area contributed by atoms with Crippen LogP contribution in [-0.4, -0.2) is 18.6 Å². The fraction of sp³-hybridized carbons (Fsp3) is 0.308. The van der Waals surface area contributed by atoms with E-state index in [0.717, 1.165) is 6.42 Å². The van der Waals surface area contributed by atoms with Crippen LogP contribution in [0.25, 0.3) is 0 Å². The highest BCUT2D eigenvalue weighted by molar-refractivity contribution is 6.32. The van der Waals surface area contributed by atoms with Gasteiger partial charge in [-0.15, -0.1) is 0 Å². The van der Waals surface area contributed by atoms with E-state index in [1.807, 2.05) is 13.0 Å². The van der Waals surface area contributed by atoms with Crippen LogP contribution in [0.4, 0.5) is 5.69 Å². The van der Waals surface area contributed by atoms with E-state index in [-0.39, 0.29) is 12.0 Å². The van der Waals surface area contributed by atoms with Crippen molar-refractivity contribution in [2.75, 3.05) is 11.4 Å². The molecule has 1 aromatic rings. The van der Waals surface area contributed by atoms with Crippen LogP contribution < -0.4 is 9.64 Å². The summed E-state index contributed by atoms with van der Waals surface area (Å²) in [5, 5.41) is 0.530. The summed E-state index contributed by atoms with van der Waals surface area (Å²) >= 11 is 6.09. The maximum atomic E-state index is 11.8. The van der Waals surface area contributed by atoms with E-state index < -0.39 is 0 Å². The van der Waals surface area contributed by atoms with Gasteiger partial charge in [-0.05, 0) is 24.6 Å². The first-order valence-electron chi connectivity index (χ1n) is 5.56. The second-order valence-corrected chi connectivity index (χ2v) is 4.30. The molecule has 0 aromatic heterocycles. The molecular weight excluding hydrogens is 238 g/mol. The molecule has 1 aliphatic rings. The van der Waals surface area contributed by atoms with Crippen molar-refractivity contribution in [3.05, 3.63) is 35.9 Å². The van der Waals surface area contributed by atoms with Crippen LogP contribution in [-0.2, 0) is 4.79 Å². The minimum Gasteiger partial charge on any atom is -0.485 e. The van der Waals surface area contributed by atoms with Gasteiger partial charge >= 0.3 is 0 Å². The molecule has 17 heavy (non-hydrogen) atoms. The van der Waals surface area contributed by atoms with Crippen LogP contribution in [0, 0.1) is 0 Å². The first-order chi connectivity index (χ1) is 8.17. The summed E-state index contributed by atoms with van der Waals surface area (Å²) in [4.78, 5) is 13.5. The van der Waals surface area contributed by atoms with Crippen LogP contribution >= 0.6 is 11.6 Å². The summed E-state index contributed by atoms with van der Waals surface area (Å²) in [6.07, 6.45) is 2.11. The molecule has 3 nitrogen and oxygen atoms in total. The van der Waals surface area contributed by atoms with Gasteiger partial charge in [0, 0.05) is 0 Å². The predicted octanol–water partition coefficient (Wildman–Crippen LogP) is 3.03. The molecule has 0 radical (unpaired) electrons. The van der Waals surface area contributed by atoms with Crippen LogP contribution in [0.2, 0.25) is 5.02 Å². The predicted molar refractivity (Wildman–Crippen MR) is 68.7 cm³/mol. The Balaban J connectivity index is 2.46. The average Bonchev–Trinajstić information content (AvgIpc) is 2.37. The molecule has 2 rings (SSSR count). The monoisotopic (exact) mass is 251 g/mol. The smallest absolute Gasteiger partial charge is 0.250 e. The fourth-order valence-electron chi connectivity index (χ4n) is 1.86. The van der Waals surface area contributed by atoms with Crippen LogP contribution in [0.3, 0.4) is 0 Å². The van der Waals surface area contributed by atoms with Gasteiger partial charge < -0.3 is 9.64 Å². The number of benzene rings is 1. The molecule has 1 aromatic carbocycles. The third-order valence-corrected chi connectivity index (χ3v) is 3.10. The number of halogens is 1. The lowest BCUT2D eigenvalue weighted by Gasteiger charge is -2.34. The quantitative estimate of drug-likeness (QED) is 0.756. The lowest BCUT2D eigenvalue weighted by Crippen LogP contribution is -2.42. The molecule has 1 aliphatic heterocycles. The lowest BCUT2D eigenvalue weighted by atomic mass is 10.1. The summed E-state index contributed by atoms with van der Waals surface area (Å²) in [5.74, 6) is 0.456. The summed E-state index contributed by atoms with van der Waals surface area (Å²) in [6, 6.07) is 5.39. The van der Waals surface area contributed by atoms with E-state index in [0.29, 0.717) is 23.0 Å². The van der Waals surface area contributed by atoms with Gasteiger partial charge in [-0.3, -0.25) is 4.79 Å². The second kappa shape index (κ2) is 4.80. The molecule has 0 spiro atoms. The maximum absolute atomic E-state index is 11.8. The lowest BCUT2D eigenvalue weighted by molar-refractivity contribution is -0.114. The van der Waals surface area contributed by atoms with Crippen molar-refractivity contribution < 1.29 is 9.53 Å². The molecule has 0 bridgehead atoms. The zero-order valence-corrected chi connectivity index (χ0v) is 10.4. The number of carbonyl (C=O) groups is 1. The SMILES string of the molecule is C=CC(=O)N1CC(CC)Oc2c(Cl)cccc21. The maximum Gasteiger partial charge on any atom is 0.250 e. The Bertz CT molecular complexity index is 459. The molecule has 0 N–H and O–H groups in total. The van der Waals surface area contributed by atoms with E-state index in [1.165, 1.54) is 6.08 Å². The number of hydrogen-bond donors (Lipinski definition) is 0. The van der Waals surface area contributed by atoms with Crippen LogP contribution in [0.1, 0.15) is 13.3 Å². The highest BCUT2D eigenvalue weighted by atomic mass is 35.5. The number of anilines is 1. The Morgan fingerprint density at radius 1 is 1.71 bits per heavy atom. The molecule has 1 unspecified atom stereocenters. The Morgan fingerprint density at radius 2 is 2.47 bits per heavy atom. The van der Waals surface area contributed by atoms with Gasteiger partial charge in [0.15, 0.2) is 5.75 Å². The normalized spacial score (nSPS) is 18.2. The van der Waals surface area contributed by atoms with Crippen molar-refractivity contribution in [2.45, 2.75) is 19.4 Å².